The highest BCUT2D eigenvalue weighted by atomic mass is 35.5. The number of rotatable bonds is 3. The molecule has 2 nitrogen and oxygen atoms in total. The molecule has 0 unspecified atom stereocenters. The van der Waals surface area contributed by atoms with Gasteiger partial charge in [-0.05, 0) is 36.0 Å². The van der Waals surface area contributed by atoms with Gasteiger partial charge in [0.25, 0.3) is 0 Å². The topological polar surface area (TPSA) is 43.1 Å². The second-order valence-corrected chi connectivity index (χ2v) is 5.31. The van der Waals surface area contributed by atoms with E-state index in [1.165, 1.54) is 18.4 Å². The first-order chi connectivity index (χ1) is 9.22. The van der Waals surface area contributed by atoms with Crippen LogP contribution in [0.2, 0.25) is 5.02 Å². The Hall–Kier alpha value is -1.80. The molecule has 19 heavy (non-hydrogen) atoms. The maximum absolute atomic E-state index is 11.3. The van der Waals surface area contributed by atoms with Crippen LogP contribution in [-0.4, -0.2) is 6.29 Å². The average molecular weight is 272 g/mol. The summed E-state index contributed by atoms with van der Waals surface area (Å²) in [5, 5.41) is 0.528. The molecule has 1 aliphatic carbocycles. The maximum atomic E-state index is 11.3. The van der Waals surface area contributed by atoms with Crippen molar-refractivity contribution in [1.29, 1.82) is 0 Å². The molecule has 0 spiro atoms. The van der Waals surface area contributed by atoms with Crippen LogP contribution < -0.4 is 5.73 Å². The van der Waals surface area contributed by atoms with Crippen LogP contribution in [0, 0.1) is 0 Å². The van der Waals surface area contributed by atoms with Gasteiger partial charge in [0.05, 0.1) is 10.7 Å². The van der Waals surface area contributed by atoms with Crippen LogP contribution in [0.25, 0.3) is 11.1 Å². The van der Waals surface area contributed by atoms with Gasteiger partial charge in [-0.25, -0.2) is 0 Å². The number of anilines is 1. The van der Waals surface area contributed by atoms with Gasteiger partial charge in [-0.15, -0.1) is 0 Å². The van der Waals surface area contributed by atoms with E-state index < -0.39 is 0 Å². The minimum atomic E-state index is 0.528. The fourth-order valence-electron chi connectivity index (χ4n) is 2.49. The van der Waals surface area contributed by atoms with E-state index in [0.717, 1.165) is 17.4 Å². The zero-order valence-corrected chi connectivity index (χ0v) is 11.2. The van der Waals surface area contributed by atoms with Crippen LogP contribution in [0.15, 0.2) is 36.4 Å². The molecule has 0 atom stereocenters. The van der Waals surface area contributed by atoms with Crippen molar-refractivity contribution in [2.24, 2.45) is 0 Å². The standard InChI is InChI=1S/C16H14ClNO/c17-14-6-2-5-13(16(14)18)15-11(9-19)3-1-4-12(15)10-7-8-10/h1-6,9-10H,7-8,18H2. The molecule has 0 radical (unpaired) electrons. The monoisotopic (exact) mass is 271 g/mol. The lowest BCUT2D eigenvalue weighted by molar-refractivity contribution is 0.112. The third kappa shape index (κ3) is 2.13. The molecule has 0 heterocycles. The zero-order chi connectivity index (χ0) is 13.4. The number of benzene rings is 2. The molecule has 1 saturated carbocycles. The SMILES string of the molecule is Nc1c(Cl)cccc1-c1c(C=O)cccc1C1CC1. The number of nitrogens with two attached hydrogens (primary N) is 1. The Morgan fingerprint density at radius 3 is 2.58 bits per heavy atom. The van der Waals surface area contributed by atoms with Crippen molar-refractivity contribution in [1.82, 2.24) is 0 Å². The normalized spacial score (nSPS) is 14.4. The summed E-state index contributed by atoms with van der Waals surface area (Å²) >= 11 is 6.09. The minimum Gasteiger partial charge on any atom is -0.397 e. The number of hydrogen-bond acceptors (Lipinski definition) is 2. The van der Waals surface area contributed by atoms with Gasteiger partial charge in [0.2, 0.25) is 0 Å². The number of halogens is 1. The molecule has 0 amide bonds. The van der Waals surface area contributed by atoms with Crippen LogP contribution in [0.1, 0.15) is 34.7 Å². The third-order valence-corrected chi connectivity index (χ3v) is 3.92. The maximum Gasteiger partial charge on any atom is 0.150 e. The molecule has 0 bridgehead atoms. The summed E-state index contributed by atoms with van der Waals surface area (Å²) in [6.45, 7) is 0. The van der Waals surface area contributed by atoms with E-state index in [1.54, 1.807) is 6.07 Å². The first kappa shape index (κ1) is 12.2. The van der Waals surface area contributed by atoms with Gasteiger partial charge in [-0.1, -0.05) is 41.9 Å². The van der Waals surface area contributed by atoms with E-state index in [2.05, 4.69) is 6.07 Å². The molecule has 2 aromatic rings. The summed E-state index contributed by atoms with van der Waals surface area (Å²) in [5.41, 5.74) is 10.3. The van der Waals surface area contributed by atoms with E-state index in [-0.39, 0.29) is 0 Å². The summed E-state index contributed by atoms with van der Waals surface area (Å²) in [6, 6.07) is 11.4. The zero-order valence-electron chi connectivity index (χ0n) is 10.4. The molecule has 3 heteroatoms. The number of para-hydroxylation sites is 1. The second kappa shape index (κ2) is 4.71. The Balaban J connectivity index is 2.28. The number of nitrogen functional groups attached to an aromatic ring is 1. The van der Waals surface area contributed by atoms with E-state index in [4.69, 9.17) is 17.3 Å². The summed E-state index contributed by atoms with van der Waals surface area (Å²) in [7, 11) is 0. The molecule has 0 aromatic heterocycles. The molecule has 96 valence electrons. The predicted molar refractivity (Wildman–Crippen MR) is 78.7 cm³/mol. The van der Waals surface area contributed by atoms with Crippen LogP contribution in [0.5, 0.6) is 0 Å². The highest BCUT2D eigenvalue weighted by Crippen LogP contribution is 2.46. The first-order valence-corrected chi connectivity index (χ1v) is 6.72. The summed E-state index contributed by atoms with van der Waals surface area (Å²) in [5.74, 6) is 0.549. The molecule has 3 rings (SSSR count). The smallest absolute Gasteiger partial charge is 0.150 e. The Morgan fingerprint density at radius 1 is 1.16 bits per heavy atom. The average Bonchev–Trinajstić information content (AvgIpc) is 3.25. The van der Waals surface area contributed by atoms with Crippen LogP contribution in [-0.2, 0) is 0 Å². The van der Waals surface area contributed by atoms with E-state index >= 15 is 0 Å². The van der Waals surface area contributed by atoms with Crippen molar-refractivity contribution in [3.05, 3.63) is 52.5 Å². The summed E-state index contributed by atoms with van der Waals surface area (Å²) in [4.78, 5) is 11.3. The van der Waals surface area contributed by atoms with Gasteiger partial charge in [-0.2, -0.15) is 0 Å². The van der Waals surface area contributed by atoms with Gasteiger partial charge in [0.1, 0.15) is 0 Å². The second-order valence-electron chi connectivity index (χ2n) is 4.90. The Bertz CT molecular complexity index is 647. The predicted octanol–water partition coefficient (Wildman–Crippen LogP) is 4.28. The van der Waals surface area contributed by atoms with Crippen molar-refractivity contribution in [2.45, 2.75) is 18.8 Å². The van der Waals surface area contributed by atoms with Crippen molar-refractivity contribution >= 4 is 23.6 Å². The van der Waals surface area contributed by atoms with Gasteiger partial charge in [0.15, 0.2) is 6.29 Å². The summed E-state index contributed by atoms with van der Waals surface area (Å²) < 4.78 is 0. The number of aldehydes is 1. The molecule has 0 aliphatic heterocycles. The quantitative estimate of drug-likeness (QED) is 0.669. The van der Waals surface area contributed by atoms with Crippen LogP contribution >= 0.6 is 11.6 Å². The van der Waals surface area contributed by atoms with Crippen molar-refractivity contribution < 1.29 is 4.79 Å². The van der Waals surface area contributed by atoms with Gasteiger partial charge in [0, 0.05) is 11.1 Å². The lowest BCUT2D eigenvalue weighted by atomic mass is 9.91. The molecule has 1 aliphatic rings. The van der Waals surface area contributed by atoms with E-state index in [0.29, 0.717) is 22.2 Å². The van der Waals surface area contributed by atoms with Gasteiger partial charge < -0.3 is 5.73 Å². The number of carbonyl (C=O) groups excluding carboxylic acids is 1. The molecular formula is C16H14ClNO. The Morgan fingerprint density at radius 2 is 1.89 bits per heavy atom. The third-order valence-electron chi connectivity index (χ3n) is 3.60. The van der Waals surface area contributed by atoms with Gasteiger partial charge in [-0.3, -0.25) is 4.79 Å². The fourth-order valence-corrected chi connectivity index (χ4v) is 2.66. The van der Waals surface area contributed by atoms with Gasteiger partial charge >= 0.3 is 0 Å². The first-order valence-electron chi connectivity index (χ1n) is 6.35. The highest BCUT2D eigenvalue weighted by Gasteiger charge is 2.28. The van der Waals surface area contributed by atoms with E-state index in [9.17, 15) is 4.79 Å². The van der Waals surface area contributed by atoms with Crippen molar-refractivity contribution in [3.8, 4) is 11.1 Å². The highest BCUT2D eigenvalue weighted by molar-refractivity contribution is 6.33. The van der Waals surface area contributed by atoms with E-state index in [1.807, 2.05) is 24.3 Å². The molecule has 2 N–H and O–H groups in total. The Labute approximate surface area is 117 Å². The lowest BCUT2D eigenvalue weighted by Crippen LogP contribution is -1.98. The number of carbonyl (C=O) groups is 1. The fraction of sp³-hybridized carbons (Fsp3) is 0.188. The minimum absolute atomic E-state index is 0.528. The molecule has 2 aromatic carbocycles. The Kier molecular flexibility index (Phi) is 3.03. The molecular weight excluding hydrogens is 258 g/mol. The lowest BCUT2D eigenvalue weighted by Gasteiger charge is -2.14. The van der Waals surface area contributed by atoms with Crippen molar-refractivity contribution in [3.63, 3.8) is 0 Å². The molecule has 1 fully saturated rings. The van der Waals surface area contributed by atoms with Crippen LogP contribution in [0.3, 0.4) is 0 Å². The van der Waals surface area contributed by atoms with Crippen LogP contribution in [0.4, 0.5) is 5.69 Å². The molecule has 0 saturated heterocycles. The summed E-state index contributed by atoms with van der Waals surface area (Å²) in [6.07, 6.45) is 3.24. The number of hydrogen-bond donors (Lipinski definition) is 1. The van der Waals surface area contributed by atoms with Crippen molar-refractivity contribution in [2.75, 3.05) is 5.73 Å². The largest absolute Gasteiger partial charge is 0.397 e.